The van der Waals surface area contributed by atoms with E-state index >= 15 is 0 Å². The molecular weight excluding hydrogens is 200 g/mol. The molecule has 0 spiro atoms. The number of nitrogens with two attached hydrogens (primary N) is 1. The average molecular weight is 222 g/mol. The lowest BCUT2D eigenvalue weighted by atomic mass is 10.3. The van der Waals surface area contributed by atoms with Crippen molar-refractivity contribution in [3.63, 3.8) is 0 Å². The summed E-state index contributed by atoms with van der Waals surface area (Å²) in [5.74, 6) is 0.617. The molecule has 0 amide bonds. The largest absolute Gasteiger partial charge is 0.382 e. The average Bonchev–Trinajstić information content (AvgIpc) is 3.03. The van der Waals surface area contributed by atoms with E-state index in [0.717, 1.165) is 19.1 Å². The topological polar surface area (TPSA) is 47.1 Å². The molecule has 2 rings (SSSR count). The first-order chi connectivity index (χ1) is 7.79. The van der Waals surface area contributed by atoms with Crippen LogP contribution in [0.3, 0.4) is 0 Å². The Labute approximate surface area is 97.4 Å². The number of rotatable bonds is 7. The lowest BCUT2D eigenvalue weighted by Gasteiger charge is -2.21. The van der Waals surface area contributed by atoms with E-state index in [0.29, 0.717) is 5.82 Å². The number of unbranched alkanes of at least 4 members (excludes halogenated alkanes) is 1. The second kappa shape index (κ2) is 5.34. The molecule has 16 heavy (non-hydrogen) atoms. The third kappa shape index (κ3) is 3.23. The first-order valence-electron chi connectivity index (χ1n) is 6.32. The monoisotopic (exact) mass is 222 g/mol. The van der Waals surface area contributed by atoms with Crippen LogP contribution >= 0.6 is 0 Å². The van der Waals surface area contributed by atoms with E-state index in [1.165, 1.54) is 32.2 Å². The first kappa shape index (κ1) is 11.5. The number of anilines is 1. The molecule has 0 unspecified atom stereocenters. The Morgan fingerprint density at radius 2 is 2.31 bits per heavy atom. The molecule has 0 saturated heterocycles. The van der Waals surface area contributed by atoms with Crippen LogP contribution in [0.4, 0.5) is 5.82 Å². The highest BCUT2D eigenvalue weighted by Gasteiger charge is 2.27. The molecule has 0 bridgehead atoms. The van der Waals surface area contributed by atoms with Gasteiger partial charge in [0, 0.05) is 18.8 Å². The minimum Gasteiger partial charge on any atom is -0.382 e. The van der Waals surface area contributed by atoms with Gasteiger partial charge in [0.05, 0.1) is 6.54 Å². The zero-order valence-corrected chi connectivity index (χ0v) is 10.1. The van der Waals surface area contributed by atoms with E-state index < -0.39 is 0 Å². The summed E-state index contributed by atoms with van der Waals surface area (Å²) >= 11 is 0. The highest BCUT2D eigenvalue weighted by atomic mass is 15.3. The molecule has 0 radical (unpaired) electrons. The maximum Gasteiger partial charge on any atom is 0.145 e. The molecule has 1 fully saturated rings. The van der Waals surface area contributed by atoms with Crippen LogP contribution < -0.4 is 5.73 Å². The van der Waals surface area contributed by atoms with Crippen LogP contribution in [0.25, 0.3) is 0 Å². The van der Waals surface area contributed by atoms with Crippen molar-refractivity contribution in [3.05, 3.63) is 12.3 Å². The van der Waals surface area contributed by atoms with E-state index in [1.54, 1.807) is 0 Å². The van der Waals surface area contributed by atoms with E-state index in [1.807, 2.05) is 16.9 Å². The van der Waals surface area contributed by atoms with Crippen molar-refractivity contribution in [1.82, 2.24) is 14.7 Å². The molecule has 1 saturated carbocycles. The Hall–Kier alpha value is -1.03. The van der Waals surface area contributed by atoms with E-state index in [-0.39, 0.29) is 0 Å². The summed E-state index contributed by atoms with van der Waals surface area (Å²) < 4.78 is 1.94. The number of nitrogen functional groups attached to an aromatic ring is 1. The minimum atomic E-state index is 0.617. The van der Waals surface area contributed by atoms with Gasteiger partial charge in [0.25, 0.3) is 0 Å². The predicted molar refractivity (Wildman–Crippen MR) is 66.1 cm³/mol. The molecule has 4 heteroatoms. The fourth-order valence-electron chi connectivity index (χ4n) is 2.01. The van der Waals surface area contributed by atoms with Crippen LogP contribution in [0.5, 0.6) is 0 Å². The first-order valence-corrected chi connectivity index (χ1v) is 6.32. The van der Waals surface area contributed by atoms with Crippen molar-refractivity contribution in [1.29, 1.82) is 0 Å². The number of aromatic nitrogens is 2. The van der Waals surface area contributed by atoms with Gasteiger partial charge in [-0.1, -0.05) is 13.3 Å². The van der Waals surface area contributed by atoms with Crippen LogP contribution in [0.1, 0.15) is 32.6 Å². The van der Waals surface area contributed by atoms with Crippen molar-refractivity contribution in [2.45, 2.75) is 45.2 Å². The molecule has 1 aromatic heterocycles. The molecule has 1 aliphatic rings. The molecular formula is C12H22N4. The fraction of sp³-hybridized carbons (Fsp3) is 0.750. The smallest absolute Gasteiger partial charge is 0.145 e. The summed E-state index contributed by atoms with van der Waals surface area (Å²) in [5.41, 5.74) is 5.59. The standard InChI is InChI=1S/C12H22N4/c1-2-3-7-15(11-4-5-11)9-10-16-8-6-12(13)14-16/h6,8,11H,2-5,7,9-10H2,1H3,(H2,13,14). The van der Waals surface area contributed by atoms with Gasteiger partial charge in [-0.2, -0.15) is 5.10 Å². The van der Waals surface area contributed by atoms with E-state index in [4.69, 9.17) is 5.73 Å². The molecule has 1 aliphatic carbocycles. The second-order valence-corrected chi connectivity index (χ2v) is 4.62. The van der Waals surface area contributed by atoms with Gasteiger partial charge in [-0.05, 0) is 31.9 Å². The van der Waals surface area contributed by atoms with Crippen LogP contribution in [0, 0.1) is 0 Å². The zero-order valence-electron chi connectivity index (χ0n) is 10.1. The highest BCUT2D eigenvalue weighted by Crippen LogP contribution is 2.26. The van der Waals surface area contributed by atoms with Crippen molar-refractivity contribution < 1.29 is 0 Å². The number of nitrogens with zero attached hydrogens (tertiary/aromatic N) is 3. The second-order valence-electron chi connectivity index (χ2n) is 4.62. The summed E-state index contributed by atoms with van der Waals surface area (Å²) in [6.07, 6.45) is 7.30. The zero-order chi connectivity index (χ0) is 11.4. The van der Waals surface area contributed by atoms with Crippen molar-refractivity contribution in [2.75, 3.05) is 18.8 Å². The molecule has 1 aromatic rings. The SMILES string of the molecule is CCCCN(CCn1ccc(N)n1)C1CC1. The molecule has 0 atom stereocenters. The maximum absolute atomic E-state index is 5.59. The quantitative estimate of drug-likeness (QED) is 0.764. The van der Waals surface area contributed by atoms with E-state index in [9.17, 15) is 0 Å². The summed E-state index contributed by atoms with van der Waals surface area (Å²) in [5, 5.41) is 4.21. The third-order valence-electron chi connectivity index (χ3n) is 3.14. The van der Waals surface area contributed by atoms with Gasteiger partial charge >= 0.3 is 0 Å². The fourth-order valence-corrected chi connectivity index (χ4v) is 2.01. The Balaban J connectivity index is 1.77. The van der Waals surface area contributed by atoms with Gasteiger partial charge in [0.1, 0.15) is 5.82 Å². The summed E-state index contributed by atoms with van der Waals surface area (Å²) in [6, 6.07) is 2.70. The lowest BCUT2D eigenvalue weighted by molar-refractivity contribution is 0.245. The maximum atomic E-state index is 5.59. The molecule has 4 nitrogen and oxygen atoms in total. The lowest BCUT2D eigenvalue weighted by Crippen LogP contribution is -2.30. The molecule has 1 heterocycles. The van der Waals surface area contributed by atoms with Crippen LogP contribution in [0.15, 0.2) is 12.3 Å². The van der Waals surface area contributed by atoms with Gasteiger partial charge in [0.2, 0.25) is 0 Å². The van der Waals surface area contributed by atoms with Gasteiger partial charge in [-0.15, -0.1) is 0 Å². The van der Waals surface area contributed by atoms with Crippen molar-refractivity contribution in [3.8, 4) is 0 Å². The van der Waals surface area contributed by atoms with Crippen LogP contribution in [-0.4, -0.2) is 33.8 Å². The highest BCUT2D eigenvalue weighted by molar-refractivity contribution is 5.23. The predicted octanol–water partition coefficient (Wildman–Crippen LogP) is 1.73. The number of hydrogen-bond acceptors (Lipinski definition) is 3. The van der Waals surface area contributed by atoms with E-state index in [2.05, 4.69) is 16.9 Å². The molecule has 0 aliphatic heterocycles. The van der Waals surface area contributed by atoms with Crippen molar-refractivity contribution >= 4 is 5.82 Å². The summed E-state index contributed by atoms with van der Waals surface area (Å²) in [4.78, 5) is 2.60. The molecule has 90 valence electrons. The van der Waals surface area contributed by atoms with Gasteiger partial charge in [-0.25, -0.2) is 0 Å². The van der Waals surface area contributed by atoms with Crippen molar-refractivity contribution in [2.24, 2.45) is 0 Å². The Kier molecular flexibility index (Phi) is 3.83. The molecule has 0 aromatic carbocycles. The Bertz CT molecular complexity index is 317. The summed E-state index contributed by atoms with van der Waals surface area (Å²) in [6.45, 7) is 5.54. The van der Waals surface area contributed by atoms with Gasteiger partial charge in [0.15, 0.2) is 0 Å². The van der Waals surface area contributed by atoms with Crippen LogP contribution in [0.2, 0.25) is 0 Å². The Morgan fingerprint density at radius 3 is 2.88 bits per heavy atom. The Morgan fingerprint density at radius 1 is 1.50 bits per heavy atom. The summed E-state index contributed by atoms with van der Waals surface area (Å²) in [7, 11) is 0. The van der Waals surface area contributed by atoms with Gasteiger partial charge in [-0.3, -0.25) is 9.58 Å². The third-order valence-corrected chi connectivity index (χ3v) is 3.14. The number of hydrogen-bond donors (Lipinski definition) is 1. The normalized spacial score (nSPS) is 15.9. The molecule has 2 N–H and O–H groups in total. The minimum absolute atomic E-state index is 0.617. The van der Waals surface area contributed by atoms with Gasteiger partial charge < -0.3 is 5.73 Å². The van der Waals surface area contributed by atoms with Crippen LogP contribution in [-0.2, 0) is 6.54 Å².